The molecule has 36 heavy (non-hydrogen) atoms. The van der Waals surface area contributed by atoms with Gasteiger partial charge in [0.15, 0.2) is 0 Å². The quantitative estimate of drug-likeness (QED) is 0.396. The Kier molecular flexibility index (Phi) is 7.51. The van der Waals surface area contributed by atoms with E-state index in [2.05, 4.69) is 16.0 Å². The maximum absolute atomic E-state index is 13.6. The highest BCUT2D eigenvalue weighted by Crippen LogP contribution is 2.48. The number of nitrogens with zero attached hydrogens (tertiary/aromatic N) is 1. The van der Waals surface area contributed by atoms with Crippen LogP contribution in [0.15, 0.2) is 66.7 Å². The standard InChI is InChI=1S/C27H23ClF2N4O2/c28-22-14-19(5-10-23(22)30)27(11-12-27)16-32-25(35)24(13-17-1-3-18(15-31)4-2-17)34-26(36)33-21-8-6-20(29)7-9-21/h1-10,14,24H,11-13,16H2,(H,32,35)(H2,33,34,36)/t24-/m0/s1. The predicted octanol–water partition coefficient (Wildman–Crippen LogP) is 5.07. The molecule has 9 heteroatoms. The van der Waals surface area contributed by atoms with Crippen molar-refractivity contribution in [1.82, 2.24) is 10.6 Å². The Morgan fingerprint density at radius 3 is 2.33 bits per heavy atom. The third kappa shape index (κ3) is 6.18. The van der Waals surface area contributed by atoms with Crippen LogP contribution in [0.4, 0.5) is 19.3 Å². The topological polar surface area (TPSA) is 94.0 Å². The molecule has 3 amide bonds. The van der Waals surface area contributed by atoms with Gasteiger partial charge in [-0.2, -0.15) is 5.26 Å². The summed E-state index contributed by atoms with van der Waals surface area (Å²) in [5.74, 6) is -1.33. The van der Waals surface area contributed by atoms with Crippen LogP contribution in [0.25, 0.3) is 0 Å². The van der Waals surface area contributed by atoms with E-state index in [0.717, 1.165) is 24.0 Å². The normalized spacial score (nSPS) is 14.3. The molecule has 0 aromatic heterocycles. The zero-order valence-corrected chi connectivity index (χ0v) is 19.9. The number of rotatable bonds is 8. The minimum atomic E-state index is -0.925. The van der Waals surface area contributed by atoms with E-state index in [1.165, 1.54) is 30.3 Å². The van der Waals surface area contributed by atoms with Crippen LogP contribution in [0.5, 0.6) is 0 Å². The van der Waals surface area contributed by atoms with Gasteiger partial charge in [-0.3, -0.25) is 4.79 Å². The number of carbonyl (C=O) groups is 2. The van der Waals surface area contributed by atoms with Crippen LogP contribution < -0.4 is 16.0 Å². The average Bonchev–Trinajstić information content (AvgIpc) is 3.67. The highest BCUT2D eigenvalue weighted by atomic mass is 35.5. The van der Waals surface area contributed by atoms with E-state index in [-0.39, 0.29) is 16.9 Å². The molecule has 0 unspecified atom stereocenters. The number of nitriles is 1. The molecule has 3 aromatic rings. The third-order valence-corrected chi connectivity index (χ3v) is 6.52. The Bertz CT molecular complexity index is 1300. The molecule has 0 spiro atoms. The maximum Gasteiger partial charge on any atom is 0.319 e. The van der Waals surface area contributed by atoms with Crippen LogP contribution in [0, 0.1) is 23.0 Å². The number of benzene rings is 3. The second-order valence-electron chi connectivity index (χ2n) is 8.80. The van der Waals surface area contributed by atoms with Gasteiger partial charge in [-0.15, -0.1) is 0 Å². The van der Waals surface area contributed by atoms with Gasteiger partial charge in [0.1, 0.15) is 17.7 Å². The molecule has 0 aliphatic heterocycles. The number of carbonyl (C=O) groups excluding carboxylic acids is 2. The van der Waals surface area contributed by atoms with Crippen molar-refractivity contribution >= 4 is 29.2 Å². The van der Waals surface area contributed by atoms with Crippen LogP contribution >= 0.6 is 11.6 Å². The van der Waals surface area contributed by atoms with Gasteiger partial charge in [0.05, 0.1) is 16.7 Å². The smallest absolute Gasteiger partial charge is 0.319 e. The van der Waals surface area contributed by atoms with E-state index in [1.54, 1.807) is 36.4 Å². The Hall–Kier alpha value is -3.96. The summed E-state index contributed by atoms with van der Waals surface area (Å²) in [6.07, 6.45) is 1.81. The summed E-state index contributed by atoms with van der Waals surface area (Å²) >= 11 is 5.95. The van der Waals surface area contributed by atoms with Crippen molar-refractivity contribution in [3.8, 4) is 6.07 Å². The summed E-state index contributed by atoms with van der Waals surface area (Å²) in [7, 11) is 0. The van der Waals surface area contributed by atoms with Gasteiger partial charge < -0.3 is 16.0 Å². The van der Waals surface area contributed by atoms with Gasteiger partial charge in [-0.05, 0) is 72.5 Å². The first-order valence-corrected chi connectivity index (χ1v) is 11.7. The van der Waals surface area contributed by atoms with E-state index in [9.17, 15) is 18.4 Å². The molecular formula is C27H23ClF2N4O2. The Labute approximate surface area is 212 Å². The predicted molar refractivity (Wildman–Crippen MR) is 133 cm³/mol. The molecule has 1 aliphatic carbocycles. The molecule has 1 aliphatic rings. The molecule has 6 nitrogen and oxygen atoms in total. The van der Waals surface area contributed by atoms with E-state index in [1.807, 2.05) is 6.07 Å². The minimum Gasteiger partial charge on any atom is -0.353 e. The molecule has 4 rings (SSSR count). The van der Waals surface area contributed by atoms with Crippen molar-refractivity contribution in [3.63, 3.8) is 0 Å². The van der Waals surface area contributed by atoms with Crippen LogP contribution in [0.1, 0.15) is 29.5 Å². The Morgan fingerprint density at radius 2 is 1.72 bits per heavy atom. The van der Waals surface area contributed by atoms with Gasteiger partial charge in [-0.1, -0.05) is 29.8 Å². The summed E-state index contributed by atoms with van der Waals surface area (Å²) in [4.78, 5) is 25.8. The number of nitrogens with one attached hydrogen (secondary N) is 3. The highest BCUT2D eigenvalue weighted by Gasteiger charge is 2.45. The molecule has 0 heterocycles. The maximum atomic E-state index is 13.6. The van der Waals surface area contributed by atoms with Crippen molar-refractivity contribution in [3.05, 3.63) is 100 Å². The number of halogens is 3. The Morgan fingerprint density at radius 1 is 1.03 bits per heavy atom. The number of hydrogen-bond acceptors (Lipinski definition) is 3. The second-order valence-corrected chi connectivity index (χ2v) is 9.21. The lowest BCUT2D eigenvalue weighted by Gasteiger charge is -2.22. The number of anilines is 1. The fraction of sp³-hybridized carbons (Fsp3) is 0.222. The monoisotopic (exact) mass is 508 g/mol. The lowest BCUT2D eigenvalue weighted by atomic mass is 9.95. The fourth-order valence-corrected chi connectivity index (χ4v) is 4.12. The lowest BCUT2D eigenvalue weighted by molar-refractivity contribution is -0.123. The van der Waals surface area contributed by atoms with Crippen molar-refractivity contribution < 1.29 is 18.4 Å². The van der Waals surface area contributed by atoms with E-state index < -0.39 is 29.6 Å². The van der Waals surface area contributed by atoms with E-state index in [4.69, 9.17) is 16.9 Å². The molecule has 3 N–H and O–H groups in total. The zero-order valence-electron chi connectivity index (χ0n) is 19.2. The second kappa shape index (κ2) is 10.8. The molecule has 184 valence electrons. The van der Waals surface area contributed by atoms with Crippen LogP contribution in [-0.2, 0) is 16.6 Å². The van der Waals surface area contributed by atoms with Gasteiger partial charge in [0, 0.05) is 24.1 Å². The van der Waals surface area contributed by atoms with Crippen LogP contribution in [-0.4, -0.2) is 24.5 Å². The highest BCUT2D eigenvalue weighted by molar-refractivity contribution is 6.30. The zero-order chi connectivity index (χ0) is 25.7. The van der Waals surface area contributed by atoms with E-state index >= 15 is 0 Å². The largest absolute Gasteiger partial charge is 0.353 e. The third-order valence-electron chi connectivity index (χ3n) is 6.23. The molecule has 1 saturated carbocycles. The van der Waals surface area contributed by atoms with Crippen molar-refractivity contribution in [2.75, 3.05) is 11.9 Å². The van der Waals surface area contributed by atoms with Crippen LogP contribution in [0.3, 0.4) is 0 Å². The fourth-order valence-electron chi connectivity index (χ4n) is 3.94. The molecule has 0 radical (unpaired) electrons. The molecule has 3 aromatic carbocycles. The van der Waals surface area contributed by atoms with Crippen LogP contribution in [0.2, 0.25) is 5.02 Å². The average molecular weight is 509 g/mol. The number of urea groups is 1. The summed E-state index contributed by atoms with van der Waals surface area (Å²) < 4.78 is 26.8. The summed E-state index contributed by atoms with van der Waals surface area (Å²) in [5, 5.41) is 17.2. The number of hydrogen-bond donors (Lipinski definition) is 3. The molecular weight excluding hydrogens is 486 g/mol. The first kappa shape index (κ1) is 25.1. The summed E-state index contributed by atoms with van der Waals surface area (Å²) in [6, 6.07) is 17.0. The molecule has 1 atom stereocenters. The van der Waals surface area contributed by atoms with E-state index in [0.29, 0.717) is 17.8 Å². The van der Waals surface area contributed by atoms with Gasteiger partial charge in [-0.25, -0.2) is 13.6 Å². The van der Waals surface area contributed by atoms with Crippen molar-refractivity contribution in [1.29, 1.82) is 5.26 Å². The lowest BCUT2D eigenvalue weighted by Crippen LogP contribution is -2.50. The van der Waals surface area contributed by atoms with Gasteiger partial charge >= 0.3 is 6.03 Å². The van der Waals surface area contributed by atoms with Gasteiger partial charge in [0.25, 0.3) is 0 Å². The first-order chi connectivity index (χ1) is 17.3. The van der Waals surface area contributed by atoms with Crippen molar-refractivity contribution in [2.24, 2.45) is 0 Å². The van der Waals surface area contributed by atoms with Crippen molar-refractivity contribution in [2.45, 2.75) is 30.7 Å². The first-order valence-electron chi connectivity index (χ1n) is 11.3. The molecule has 0 saturated heterocycles. The molecule has 1 fully saturated rings. The number of amides is 3. The summed E-state index contributed by atoms with van der Waals surface area (Å²) in [5.41, 5.74) is 2.12. The van der Waals surface area contributed by atoms with Gasteiger partial charge in [0.2, 0.25) is 5.91 Å². The molecule has 0 bridgehead atoms. The minimum absolute atomic E-state index is 0.0305. The Balaban J connectivity index is 1.45. The summed E-state index contributed by atoms with van der Waals surface area (Å²) in [6.45, 7) is 0.304. The SMILES string of the molecule is N#Cc1ccc(C[C@H](NC(=O)Nc2ccc(F)cc2)C(=O)NCC2(c3ccc(F)c(Cl)c3)CC2)cc1.